The second kappa shape index (κ2) is 46.1. The smallest absolute Gasteiger partial charge is 0.0328 e. The minimum atomic E-state index is 0.653. The molecular formula is C96H188. The highest BCUT2D eigenvalue weighted by Gasteiger charge is 2.39. The van der Waals surface area contributed by atoms with Crippen LogP contribution < -0.4 is 0 Å². The minimum Gasteiger partial charge on any atom is -0.0654 e. The molecule has 0 aromatic heterocycles. The monoisotopic (exact) mass is 1340 g/mol. The Bertz CT molecular complexity index is 1750. The van der Waals surface area contributed by atoms with Crippen LogP contribution in [0.3, 0.4) is 0 Å². The summed E-state index contributed by atoms with van der Waals surface area (Å²) in [4.78, 5) is 0. The molecule has 14 saturated carbocycles. The van der Waals surface area contributed by atoms with E-state index in [0.717, 1.165) is 111 Å². The van der Waals surface area contributed by atoms with Crippen molar-refractivity contribution in [2.75, 3.05) is 0 Å². The van der Waals surface area contributed by atoms with E-state index >= 15 is 0 Å². The highest BCUT2D eigenvalue weighted by molar-refractivity contribution is 4.90. The van der Waals surface area contributed by atoms with Crippen LogP contribution in [-0.2, 0) is 0 Å². The lowest BCUT2D eigenvalue weighted by Gasteiger charge is -2.28. The molecule has 0 N–H and O–H groups in total. The lowest BCUT2D eigenvalue weighted by atomic mass is 9.78. The molecular weight excluding hydrogens is 1150 g/mol. The van der Waals surface area contributed by atoms with Crippen LogP contribution in [0.25, 0.3) is 0 Å². The van der Waals surface area contributed by atoms with E-state index in [1.165, 1.54) is 257 Å². The molecule has 14 aliphatic carbocycles. The first-order valence-electron chi connectivity index (χ1n) is 45.1. The van der Waals surface area contributed by atoms with E-state index in [9.17, 15) is 0 Å². The molecule has 14 rings (SSSR count). The van der Waals surface area contributed by atoms with Crippen molar-refractivity contribution in [3.63, 3.8) is 0 Å². The fourth-order valence-corrected chi connectivity index (χ4v) is 21.6. The third-order valence-electron chi connectivity index (χ3n) is 31.3. The number of rotatable bonds is 6. The van der Waals surface area contributed by atoms with Gasteiger partial charge in [0.25, 0.3) is 0 Å². The predicted molar refractivity (Wildman–Crippen MR) is 437 cm³/mol. The van der Waals surface area contributed by atoms with Crippen molar-refractivity contribution in [1.82, 2.24) is 0 Å². The Balaban J connectivity index is 0.000000273. The zero-order chi connectivity index (χ0) is 71.8. The summed E-state index contributed by atoms with van der Waals surface area (Å²) in [5.41, 5.74) is 4.12. The summed E-state index contributed by atoms with van der Waals surface area (Å²) in [6.45, 7) is 59.2. The van der Waals surface area contributed by atoms with Crippen molar-refractivity contribution in [2.24, 2.45) is 133 Å². The van der Waals surface area contributed by atoms with E-state index in [1.807, 2.05) is 0 Å². The average Bonchev–Trinajstić information content (AvgIpc) is 1.73. The van der Waals surface area contributed by atoms with E-state index in [-0.39, 0.29) is 0 Å². The van der Waals surface area contributed by atoms with Crippen molar-refractivity contribution in [3.8, 4) is 0 Å². The van der Waals surface area contributed by atoms with Crippen molar-refractivity contribution in [1.29, 1.82) is 0 Å². The Hall–Kier alpha value is 0. The van der Waals surface area contributed by atoms with Crippen LogP contribution in [0.15, 0.2) is 0 Å². The fourth-order valence-electron chi connectivity index (χ4n) is 21.6. The van der Waals surface area contributed by atoms with Crippen LogP contribution in [0.1, 0.15) is 481 Å². The third kappa shape index (κ3) is 35.7. The van der Waals surface area contributed by atoms with E-state index in [1.54, 1.807) is 51.4 Å². The first kappa shape index (κ1) is 90.2. The van der Waals surface area contributed by atoms with Gasteiger partial charge in [-0.1, -0.05) is 359 Å². The van der Waals surface area contributed by atoms with E-state index in [2.05, 4.69) is 173 Å². The molecule has 14 fully saturated rings. The van der Waals surface area contributed by atoms with Gasteiger partial charge in [0.15, 0.2) is 0 Å². The standard InChI is InChI=1S/2C8H14.10C8H16/c1-6-4-7-2-3-8(6)5-7;1-6-7-2-3-8(6)5-4-7;1-6-4-7(2)8(3)5-6;1-7-4-5-8(2,3)6-7;2*1-7-5-4-6-8(7,2)3;1-8(2)6-4-3-5-7-8;1-7(2)8-5-3-4-6-8;2*1-3-8(2)6-4-5-7-8;1-3-8-6-4-5-7(8)2;1-2-5-8-6-3-4-7-8/h2*6-8H,2-5H2,1H3;6-8H,4-5H2,1-3H3;3*7H,4-6H2,1-3H3;3-7H2,1-2H3;7-8H,3-6H2,1-2H3;2*3-7H2,1-2H3;7-8H,3-6H2,1-2H3;8H,2-7H2,1H3/t6-,7?,8?;;;2*7-;;;;;;;/m0..00......./s1. The first-order valence-corrected chi connectivity index (χ1v) is 45.1. The molecule has 0 aromatic carbocycles. The van der Waals surface area contributed by atoms with Gasteiger partial charge in [0.05, 0.1) is 0 Å². The largest absolute Gasteiger partial charge is 0.0654 e. The number of hydrogen-bond donors (Lipinski definition) is 0. The predicted octanol–water partition coefficient (Wildman–Crippen LogP) is 33.6. The van der Waals surface area contributed by atoms with Gasteiger partial charge in [-0.05, 0) is 255 Å². The van der Waals surface area contributed by atoms with Crippen LogP contribution in [-0.4, -0.2) is 0 Å². The molecule has 0 amide bonds. The van der Waals surface area contributed by atoms with Gasteiger partial charge in [0.1, 0.15) is 0 Å². The van der Waals surface area contributed by atoms with E-state index in [0.29, 0.717) is 21.7 Å². The van der Waals surface area contributed by atoms with Crippen molar-refractivity contribution < 1.29 is 0 Å². The molecule has 10 atom stereocenters. The molecule has 0 saturated heterocycles. The average molecular weight is 1340 g/mol. The van der Waals surface area contributed by atoms with Crippen LogP contribution in [0.5, 0.6) is 0 Å². The Kier molecular flexibility index (Phi) is 43.3. The Morgan fingerprint density at radius 2 is 0.781 bits per heavy atom. The summed E-state index contributed by atoms with van der Waals surface area (Å²) < 4.78 is 0. The molecule has 0 aliphatic heterocycles. The molecule has 4 bridgehead atoms. The SMILES string of the molecule is CC(C)C1CCCC1.CC1(C)CCCCC1.CC1C2CCC1CC2.CC1CC(C)C(C)C1.CC1CCCC1(C)C.CCC1(C)CCCC1.CCC1(C)CCCC1.CCC1CCCC1C.CCCC1CCCC1.C[C@H]1CC2CCC1C2.C[C@H]1CCC(C)(C)C1.C[C@H]1CCCC1(C)C. The maximum atomic E-state index is 2.44. The van der Waals surface area contributed by atoms with Gasteiger partial charge >= 0.3 is 0 Å². The normalized spacial score (nSPS) is 35.3. The molecule has 0 spiro atoms. The Labute approximate surface area is 610 Å². The van der Waals surface area contributed by atoms with Crippen molar-refractivity contribution >= 4 is 0 Å². The topological polar surface area (TPSA) is 0 Å². The van der Waals surface area contributed by atoms with Crippen LogP contribution >= 0.6 is 0 Å². The van der Waals surface area contributed by atoms with E-state index in [4.69, 9.17) is 0 Å². The van der Waals surface area contributed by atoms with E-state index < -0.39 is 0 Å². The summed E-state index contributed by atoms with van der Waals surface area (Å²) in [5, 5.41) is 0. The summed E-state index contributed by atoms with van der Waals surface area (Å²) in [6.07, 6.45) is 71.0. The van der Waals surface area contributed by atoms with Gasteiger partial charge in [-0.15, -0.1) is 0 Å². The van der Waals surface area contributed by atoms with Gasteiger partial charge in [-0.2, -0.15) is 0 Å². The molecule has 14 aliphatic rings. The molecule has 0 aromatic rings. The molecule has 0 nitrogen and oxygen atoms in total. The molecule has 0 heteroatoms. The van der Waals surface area contributed by atoms with Gasteiger partial charge in [0, 0.05) is 0 Å². The number of fused-ring (bicyclic) bond motifs is 4. The Morgan fingerprint density at radius 3 is 0.969 bits per heavy atom. The van der Waals surface area contributed by atoms with Crippen LogP contribution in [0.4, 0.5) is 0 Å². The lowest BCUT2D eigenvalue weighted by molar-refractivity contribution is 0.244. The van der Waals surface area contributed by atoms with Crippen molar-refractivity contribution in [3.05, 3.63) is 0 Å². The van der Waals surface area contributed by atoms with Crippen LogP contribution in [0, 0.1) is 133 Å². The second-order valence-electron chi connectivity index (χ2n) is 42.1. The summed E-state index contributed by atoms with van der Waals surface area (Å²) in [6, 6.07) is 0. The molecule has 572 valence electrons. The zero-order valence-electron chi connectivity index (χ0n) is 71.8. The number of hydrogen-bond acceptors (Lipinski definition) is 0. The third-order valence-corrected chi connectivity index (χ3v) is 31.3. The quantitative estimate of drug-likeness (QED) is 0.249. The molecule has 0 heterocycles. The van der Waals surface area contributed by atoms with Crippen LogP contribution in [0.2, 0.25) is 0 Å². The summed E-state index contributed by atoms with van der Waals surface area (Å²) in [7, 11) is 0. The summed E-state index contributed by atoms with van der Waals surface area (Å²) >= 11 is 0. The molecule has 96 heavy (non-hydrogen) atoms. The highest BCUT2D eigenvalue weighted by atomic mass is 14.4. The Morgan fingerprint density at radius 1 is 0.333 bits per heavy atom. The highest BCUT2D eigenvalue weighted by Crippen LogP contribution is 2.50. The second-order valence-corrected chi connectivity index (χ2v) is 42.1. The maximum Gasteiger partial charge on any atom is -0.0328 e. The van der Waals surface area contributed by atoms with Gasteiger partial charge < -0.3 is 0 Å². The van der Waals surface area contributed by atoms with Crippen molar-refractivity contribution in [2.45, 2.75) is 481 Å². The lowest BCUT2D eigenvalue weighted by Crippen LogP contribution is -2.14. The molecule has 7 unspecified atom stereocenters. The summed E-state index contributed by atoms with van der Waals surface area (Å²) in [5.74, 6) is 17.8. The van der Waals surface area contributed by atoms with Gasteiger partial charge in [-0.25, -0.2) is 0 Å². The minimum absolute atomic E-state index is 0.653. The van der Waals surface area contributed by atoms with Gasteiger partial charge in [-0.3, -0.25) is 0 Å². The molecule has 0 radical (unpaired) electrons. The van der Waals surface area contributed by atoms with Gasteiger partial charge in [0.2, 0.25) is 0 Å². The maximum absolute atomic E-state index is 2.44. The fraction of sp³-hybridized carbons (Fsp3) is 1.00. The zero-order valence-corrected chi connectivity index (χ0v) is 71.8. The first-order chi connectivity index (χ1) is 45.1.